The van der Waals surface area contributed by atoms with Crippen LogP contribution >= 0.6 is 0 Å². The molecule has 0 aliphatic heterocycles. The molecule has 0 saturated heterocycles. The van der Waals surface area contributed by atoms with Gasteiger partial charge >= 0.3 is 23.9 Å². The number of guanidine groups is 1. The second-order valence-corrected chi connectivity index (χ2v) is 14.7. The summed E-state index contributed by atoms with van der Waals surface area (Å²) in [6, 6.07) is -1.96. The molecule has 336 valence electrons. The highest BCUT2D eigenvalue weighted by Gasteiger charge is 2.34. The van der Waals surface area contributed by atoms with E-state index >= 15 is 0 Å². The van der Waals surface area contributed by atoms with Gasteiger partial charge in [0.2, 0.25) is 29.5 Å². The lowest BCUT2D eigenvalue weighted by Gasteiger charge is -2.27. The Labute approximate surface area is 350 Å². The summed E-state index contributed by atoms with van der Waals surface area (Å²) in [7, 11) is 0. The number of aromatic amines is 1. The molecule has 0 aliphatic carbocycles. The third kappa shape index (κ3) is 18.4. The molecule has 0 spiro atoms. The van der Waals surface area contributed by atoms with Crippen LogP contribution in [0.3, 0.4) is 0 Å². The Hall–Kier alpha value is -6.78. The van der Waals surface area contributed by atoms with E-state index in [0.29, 0.717) is 16.5 Å². The van der Waals surface area contributed by atoms with Gasteiger partial charge in [0.25, 0.3) is 0 Å². The van der Waals surface area contributed by atoms with Crippen LogP contribution in [-0.2, 0) is 49.6 Å². The first-order valence-corrected chi connectivity index (χ1v) is 19.5. The summed E-state index contributed by atoms with van der Waals surface area (Å²) in [4.78, 5) is 117. The van der Waals surface area contributed by atoms with E-state index < -0.39 is 122 Å². The van der Waals surface area contributed by atoms with E-state index in [0.717, 1.165) is 0 Å². The number of hydrogen-bond acceptors (Lipinski definition) is 11. The monoisotopic (exact) mass is 860 g/mol. The standard InChI is InChI=1S/C38H56N10O13/c1-19(2)16-27(47-32(55)22(39)9-12-29(49)50)35(58)44-25(11-14-31(53)54)34(57)48-28(17-20-18-43-23-7-4-3-6-21(20)23)36(59)45-24(10-13-30(51)52)33(56)46-26(37(60)61)8-5-15-42-38(40)41/h3-4,6-7,18-19,22,24-28,43H,5,8-17,39H2,1-2H3,(H,44,58)(H,45,59)(H,46,56)(H,47,55)(H,48,57)(H,49,50)(H,51,52)(H,53,54)(H,60,61)(H4,40,41,42)/t22-,24-,25-,26-,27-,28-/m0/s1. The normalized spacial score (nSPS) is 14.0. The summed E-state index contributed by atoms with van der Waals surface area (Å²) in [5, 5.41) is 60.1. The van der Waals surface area contributed by atoms with Gasteiger partial charge in [0.05, 0.1) is 6.04 Å². The molecule has 0 fully saturated rings. The molecule has 0 radical (unpaired) electrons. The molecule has 23 nitrogen and oxygen atoms in total. The number of fused-ring (bicyclic) bond motifs is 1. The number of amides is 5. The number of nitrogens with one attached hydrogen (secondary N) is 8. The van der Waals surface area contributed by atoms with Gasteiger partial charge in [0.15, 0.2) is 5.96 Å². The van der Waals surface area contributed by atoms with Crippen molar-refractivity contribution in [2.75, 3.05) is 6.54 Å². The SMILES string of the molecule is CC(C)C[C@H](NC(=O)[C@@H](N)CCC(=O)O)C(=O)N[C@@H](CCC(=O)O)C(=O)N[C@@H](Cc1c[nH]c2ccccc12)C(=O)N[C@@H](CCC(=O)O)C(=O)N[C@@H](CCCNC(=N)N)C(=O)O. The number of hydrogen-bond donors (Lipinski definition) is 14. The van der Waals surface area contributed by atoms with Crippen LogP contribution in [0, 0.1) is 11.3 Å². The maximum absolute atomic E-state index is 14.1. The molecule has 23 heteroatoms. The lowest BCUT2D eigenvalue weighted by Crippen LogP contribution is -2.59. The zero-order valence-electron chi connectivity index (χ0n) is 33.8. The second kappa shape index (κ2) is 25.0. The van der Waals surface area contributed by atoms with Gasteiger partial charge in [-0.1, -0.05) is 32.0 Å². The summed E-state index contributed by atoms with van der Waals surface area (Å²) in [5.74, 6) is -10.7. The van der Waals surface area contributed by atoms with Gasteiger partial charge in [-0.2, -0.15) is 0 Å². The van der Waals surface area contributed by atoms with E-state index in [1.165, 1.54) is 0 Å². The van der Waals surface area contributed by atoms with E-state index in [1.807, 2.05) is 0 Å². The number of aliphatic carboxylic acids is 4. The topological polar surface area (TPSA) is 398 Å². The van der Waals surface area contributed by atoms with E-state index in [9.17, 15) is 58.5 Å². The molecule has 6 atom stereocenters. The average Bonchev–Trinajstić information content (AvgIpc) is 3.59. The first-order chi connectivity index (χ1) is 28.7. The Morgan fingerprint density at radius 2 is 1.13 bits per heavy atom. The summed E-state index contributed by atoms with van der Waals surface area (Å²) in [6.45, 7) is 3.58. The second-order valence-electron chi connectivity index (χ2n) is 14.7. The van der Waals surface area contributed by atoms with Crippen molar-refractivity contribution in [3.05, 3.63) is 36.0 Å². The minimum absolute atomic E-state index is 0.0277. The minimum atomic E-state index is -1.63. The third-order valence-corrected chi connectivity index (χ3v) is 9.24. The largest absolute Gasteiger partial charge is 0.481 e. The van der Waals surface area contributed by atoms with Crippen LogP contribution in [0.2, 0.25) is 0 Å². The Morgan fingerprint density at radius 3 is 1.66 bits per heavy atom. The molecule has 2 aromatic rings. The first kappa shape index (κ1) is 50.4. The van der Waals surface area contributed by atoms with Crippen molar-refractivity contribution in [2.45, 2.75) is 114 Å². The fourth-order valence-corrected chi connectivity index (χ4v) is 6.07. The van der Waals surface area contributed by atoms with Crippen molar-refractivity contribution >= 4 is 70.3 Å². The number of carboxylic acids is 4. The van der Waals surface area contributed by atoms with Crippen molar-refractivity contribution in [1.82, 2.24) is 36.9 Å². The predicted octanol–water partition coefficient (Wildman–Crippen LogP) is -1.55. The Bertz CT molecular complexity index is 1900. The molecule has 1 heterocycles. The van der Waals surface area contributed by atoms with Crippen molar-refractivity contribution in [2.24, 2.45) is 17.4 Å². The van der Waals surface area contributed by atoms with Crippen LogP contribution < -0.4 is 43.4 Å². The average molecular weight is 861 g/mol. The lowest BCUT2D eigenvalue weighted by molar-refractivity contribution is -0.143. The van der Waals surface area contributed by atoms with Crippen LogP contribution in [0.1, 0.15) is 77.2 Å². The van der Waals surface area contributed by atoms with E-state index in [2.05, 4.69) is 36.9 Å². The first-order valence-electron chi connectivity index (χ1n) is 19.5. The molecule has 16 N–H and O–H groups in total. The maximum Gasteiger partial charge on any atom is 0.326 e. The minimum Gasteiger partial charge on any atom is -0.481 e. The van der Waals surface area contributed by atoms with Gasteiger partial charge in [0.1, 0.15) is 30.2 Å². The van der Waals surface area contributed by atoms with E-state index in [1.54, 1.807) is 44.3 Å². The molecule has 1 aromatic carbocycles. The highest BCUT2D eigenvalue weighted by molar-refractivity contribution is 5.97. The van der Waals surface area contributed by atoms with Gasteiger partial charge in [-0.15, -0.1) is 0 Å². The quantitative estimate of drug-likeness (QED) is 0.0262. The van der Waals surface area contributed by atoms with Crippen LogP contribution in [0.25, 0.3) is 10.9 Å². The molecule has 0 aliphatic rings. The number of rotatable bonds is 28. The maximum atomic E-state index is 14.1. The summed E-state index contributed by atoms with van der Waals surface area (Å²) in [6.07, 6.45) is -1.57. The smallest absolute Gasteiger partial charge is 0.326 e. The van der Waals surface area contributed by atoms with Crippen molar-refractivity contribution in [3.63, 3.8) is 0 Å². The number of nitrogens with two attached hydrogens (primary N) is 2. The van der Waals surface area contributed by atoms with Gasteiger partial charge in [-0.05, 0) is 56.1 Å². The third-order valence-electron chi connectivity index (χ3n) is 9.24. The van der Waals surface area contributed by atoms with Crippen molar-refractivity contribution < 1.29 is 63.6 Å². The van der Waals surface area contributed by atoms with E-state index in [4.69, 9.17) is 22.0 Å². The number of carboxylic acid groups (broad SMARTS) is 4. The molecule has 61 heavy (non-hydrogen) atoms. The van der Waals surface area contributed by atoms with Crippen LogP contribution in [-0.4, -0.2) is 128 Å². The van der Waals surface area contributed by atoms with Gasteiger partial charge in [-0.3, -0.25) is 43.8 Å². The van der Waals surface area contributed by atoms with Crippen molar-refractivity contribution in [3.8, 4) is 0 Å². The Balaban J connectivity index is 2.47. The zero-order valence-corrected chi connectivity index (χ0v) is 33.8. The highest BCUT2D eigenvalue weighted by Crippen LogP contribution is 2.20. The highest BCUT2D eigenvalue weighted by atomic mass is 16.4. The summed E-state index contributed by atoms with van der Waals surface area (Å²) < 4.78 is 0. The number of para-hydroxylation sites is 1. The zero-order chi connectivity index (χ0) is 45.8. The molecule has 0 bridgehead atoms. The fraction of sp³-hybridized carbons (Fsp3) is 0.526. The summed E-state index contributed by atoms with van der Waals surface area (Å²) in [5.41, 5.74) is 12.2. The summed E-state index contributed by atoms with van der Waals surface area (Å²) >= 11 is 0. The lowest BCUT2D eigenvalue weighted by atomic mass is 10.0. The molecular weight excluding hydrogens is 804 g/mol. The number of H-pyrrole nitrogens is 1. The molecule has 0 saturated carbocycles. The number of carbonyl (C=O) groups is 9. The molecule has 0 unspecified atom stereocenters. The number of benzene rings is 1. The van der Waals surface area contributed by atoms with E-state index in [-0.39, 0.29) is 50.5 Å². The number of aromatic nitrogens is 1. The number of carbonyl (C=O) groups excluding carboxylic acids is 5. The predicted molar refractivity (Wildman–Crippen MR) is 216 cm³/mol. The molecule has 2 rings (SSSR count). The molecule has 5 amide bonds. The van der Waals surface area contributed by atoms with Crippen molar-refractivity contribution in [1.29, 1.82) is 5.41 Å². The Morgan fingerprint density at radius 1 is 0.656 bits per heavy atom. The van der Waals surface area contributed by atoms with Gasteiger partial charge < -0.3 is 68.8 Å². The van der Waals surface area contributed by atoms with Crippen LogP contribution in [0.4, 0.5) is 0 Å². The fourth-order valence-electron chi connectivity index (χ4n) is 6.07. The van der Waals surface area contributed by atoms with Gasteiger partial charge in [-0.25, -0.2) is 4.79 Å². The molecular formula is C38H56N10O13. The van der Waals surface area contributed by atoms with Gasteiger partial charge in [0, 0.05) is 49.3 Å². The van der Waals surface area contributed by atoms with Crippen LogP contribution in [0.5, 0.6) is 0 Å². The Kier molecular flexibility index (Phi) is 20.6. The molecule has 1 aromatic heterocycles. The van der Waals surface area contributed by atoms with Crippen LogP contribution in [0.15, 0.2) is 30.5 Å².